The molecule has 1 aliphatic rings. The number of carbonyl (C=O) groups is 1. The van der Waals surface area contributed by atoms with Crippen LogP contribution >= 0.6 is 11.6 Å². The summed E-state index contributed by atoms with van der Waals surface area (Å²) < 4.78 is 41.3. The molecule has 1 amide bonds. The summed E-state index contributed by atoms with van der Waals surface area (Å²) in [6.45, 7) is 4.13. The van der Waals surface area contributed by atoms with Gasteiger partial charge in [-0.3, -0.25) is 4.79 Å². The summed E-state index contributed by atoms with van der Waals surface area (Å²) in [5.74, 6) is 0.105. The van der Waals surface area contributed by atoms with Gasteiger partial charge in [-0.15, -0.1) is 0 Å². The molecule has 1 fully saturated rings. The molecule has 1 saturated carbocycles. The summed E-state index contributed by atoms with van der Waals surface area (Å²) in [5.41, 5.74) is -1.22. The monoisotopic (exact) mass is 464 g/mol. The topological polar surface area (TPSA) is 76.8 Å². The molecule has 0 N–H and O–H groups in total. The number of alkyl halides is 3. The molecule has 0 aliphatic heterocycles. The molecule has 168 valence electrons. The number of benzene rings is 1. The molecule has 11 heteroatoms. The summed E-state index contributed by atoms with van der Waals surface area (Å²) in [4.78, 5) is 27.6. The molecule has 4 rings (SSSR count). The van der Waals surface area contributed by atoms with Crippen molar-refractivity contribution < 1.29 is 18.0 Å². The van der Waals surface area contributed by atoms with E-state index in [-0.39, 0.29) is 21.9 Å². The standard InChI is InChI=1S/C21H20ClF3N6O/c1-13(17-28-12-29-31(17)19-26-6-3-7-27-19)30(11-20(2)4-5-20)18(32)14-8-15(21(23,24)25)10-16(22)9-14/h3,6-10,12-13H,4-5,11H2,1-2H3. The van der Waals surface area contributed by atoms with Crippen LogP contribution in [0.3, 0.4) is 0 Å². The number of nitrogens with zero attached hydrogens (tertiary/aromatic N) is 6. The summed E-state index contributed by atoms with van der Waals surface area (Å²) in [5, 5.41) is 4.01. The second-order valence-electron chi connectivity index (χ2n) is 8.22. The Balaban J connectivity index is 1.73. The summed E-state index contributed by atoms with van der Waals surface area (Å²) in [6, 6.07) is 3.93. The molecule has 2 heterocycles. The molecule has 2 aromatic heterocycles. The van der Waals surface area contributed by atoms with Crippen molar-refractivity contribution in [2.45, 2.75) is 38.9 Å². The number of hydrogen-bond donors (Lipinski definition) is 0. The van der Waals surface area contributed by atoms with Crippen LogP contribution in [0.5, 0.6) is 0 Å². The van der Waals surface area contributed by atoms with Gasteiger partial charge in [0.05, 0.1) is 11.6 Å². The Morgan fingerprint density at radius 3 is 2.53 bits per heavy atom. The predicted octanol–water partition coefficient (Wildman–Crippen LogP) is 4.73. The van der Waals surface area contributed by atoms with Crippen LogP contribution < -0.4 is 0 Å². The van der Waals surface area contributed by atoms with Gasteiger partial charge in [-0.1, -0.05) is 18.5 Å². The maximum absolute atomic E-state index is 13.5. The highest BCUT2D eigenvalue weighted by molar-refractivity contribution is 6.31. The fraction of sp³-hybridized carbons (Fsp3) is 0.381. The van der Waals surface area contributed by atoms with Gasteiger partial charge in [0, 0.05) is 29.5 Å². The smallest absolute Gasteiger partial charge is 0.328 e. The minimum Gasteiger partial charge on any atom is -0.328 e. The van der Waals surface area contributed by atoms with Gasteiger partial charge >= 0.3 is 6.18 Å². The third-order valence-corrected chi connectivity index (χ3v) is 5.76. The van der Waals surface area contributed by atoms with E-state index in [1.54, 1.807) is 25.4 Å². The van der Waals surface area contributed by atoms with Crippen molar-refractivity contribution in [2.75, 3.05) is 6.54 Å². The van der Waals surface area contributed by atoms with E-state index < -0.39 is 23.7 Å². The first-order valence-corrected chi connectivity index (χ1v) is 10.3. The predicted molar refractivity (Wildman–Crippen MR) is 110 cm³/mol. The molecule has 0 radical (unpaired) electrons. The Morgan fingerprint density at radius 1 is 1.22 bits per heavy atom. The largest absolute Gasteiger partial charge is 0.416 e. The Morgan fingerprint density at radius 2 is 1.91 bits per heavy atom. The van der Waals surface area contributed by atoms with Crippen molar-refractivity contribution in [1.29, 1.82) is 0 Å². The molecular formula is C21H20ClF3N6O. The van der Waals surface area contributed by atoms with E-state index in [9.17, 15) is 18.0 Å². The van der Waals surface area contributed by atoms with E-state index in [2.05, 4.69) is 20.1 Å². The number of rotatable bonds is 6. The number of hydrogen-bond acceptors (Lipinski definition) is 5. The van der Waals surface area contributed by atoms with Crippen molar-refractivity contribution in [1.82, 2.24) is 29.6 Å². The molecule has 0 spiro atoms. The average Bonchev–Trinajstić information content (AvgIpc) is 3.28. The van der Waals surface area contributed by atoms with Crippen LogP contribution in [0.2, 0.25) is 5.02 Å². The first-order valence-electron chi connectivity index (χ1n) is 9.93. The van der Waals surface area contributed by atoms with Crippen LogP contribution in [0.4, 0.5) is 13.2 Å². The van der Waals surface area contributed by atoms with Gasteiger partial charge in [0.25, 0.3) is 11.9 Å². The average molecular weight is 465 g/mol. The van der Waals surface area contributed by atoms with Crippen molar-refractivity contribution in [2.24, 2.45) is 5.41 Å². The highest BCUT2D eigenvalue weighted by Gasteiger charge is 2.42. The highest BCUT2D eigenvalue weighted by atomic mass is 35.5. The number of halogens is 4. The maximum atomic E-state index is 13.5. The van der Waals surface area contributed by atoms with Crippen molar-refractivity contribution >= 4 is 17.5 Å². The Labute approximate surface area is 187 Å². The molecule has 1 aliphatic carbocycles. The molecule has 0 saturated heterocycles. The lowest BCUT2D eigenvalue weighted by Gasteiger charge is -2.31. The quantitative estimate of drug-likeness (QED) is 0.527. The molecule has 1 unspecified atom stereocenters. The molecule has 1 atom stereocenters. The number of aromatic nitrogens is 5. The molecule has 32 heavy (non-hydrogen) atoms. The lowest BCUT2D eigenvalue weighted by Crippen LogP contribution is -2.39. The van der Waals surface area contributed by atoms with Gasteiger partial charge < -0.3 is 4.90 Å². The lowest BCUT2D eigenvalue weighted by atomic mass is 10.0. The van der Waals surface area contributed by atoms with Crippen LogP contribution in [-0.2, 0) is 6.18 Å². The molecule has 0 bridgehead atoms. The Kier molecular flexibility index (Phi) is 5.66. The molecule has 7 nitrogen and oxygen atoms in total. The summed E-state index contributed by atoms with van der Waals surface area (Å²) in [7, 11) is 0. The normalized spacial score (nSPS) is 15.9. The molecular weight excluding hydrogens is 445 g/mol. The van der Waals surface area contributed by atoms with E-state index in [0.717, 1.165) is 25.0 Å². The third kappa shape index (κ3) is 4.59. The Bertz CT molecular complexity index is 1130. The van der Waals surface area contributed by atoms with Crippen molar-refractivity contribution in [3.05, 3.63) is 65.0 Å². The van der Waals surface area contributed by atoms with Crippen molar-refractivity contribution in [3.63, 3.8) is 0 Å². The number of amides is 1. The maximum Gasteiger partial charge on any atom is 0.416 e. The Hall–Kier alpha value is -3.01. The highest BCUT2D eigenvalue weighted by Crippen LogP contribution is 2.47. The SMILES string of the molecule is CC(c1ncnn1-c1ncccn1)N(CC1(C)CC1)C(=O)c1cc(Cl)cc(C(F)(F)F)c1. The van der Waals surface area contributed by atoms with E-state index in [1.807, 2.05) is 6.92 Å². The van der Waals surface area contributed by atoms with Crippen LogP contribution in [0.15, 0.2) is 43.0 Å². The van der Waals surface area contributed by atoms with Gasteiger partial charge in [0.1, 0.15) is 6.33 Å². The van der Waals surface area contributed by atoms with Crippen molar-refractivity contribution in [3.8, 4) is 5.95 Å². The van der Waals surface area contributed by atoms with Crippen LogP contribution in [-0.4, -0.2) is 42.1 Å². The number of carbonyl (C=O) groups excluding carboxylic acids is 1. The first-order chi connectivity index (χ1) is 15.1. The van der Waals surface area contributed by atoms with Crippen LogP contribution in [0.25, 0.3) is 5.95 Å². The van der Waals surface area contributed by atoms with Gasteiger partial charge in [0.15, 0.2) is 5.82 Å². The molecule has 3 aromatic rings. The fourth-order valence-electron chi connectivity index (χ4n) is 3.44. The lowest BCUT2D eigenvalue weighted by molar-refractivity contribution is -0.137. The first kappa shape index (κ1) is 22.2. The zero-order chi connectivity index (χ0) is 23.1. The van der Waals surface area contributed by atoms with Gasteiger partial charge in [-0.05, 0) is 49.4 Å². The van der Waals surface area contributed by atoms with E-state index >= 15 is 0 Å². The van der Waals surface area contributed by atoms with E-state index in [0.29, 0.717) is 12.4 Å². The third-order valence-electron chi connectivity index (χ3n) is 5.55. The van der Waals surface area contributed by atoms with Gasteiger partial charge in [-0.2, -0.15) is 23.0 Å². The minimum atomic E-state index is -4.62. The van der Waals surface area contributed by atoms with Gasteiger partial charge in [0.2, 0.25) is 0 Å². The summed E-state index contributed by atoms with van der Waals surface area (Å²) in [6.07, 6.45) is 1.64. The molecule has 1 aromatic carbocycles. The second-order valence-corrected chi connectivity index (χ2v) is 8.66. The van der Waals surface area contributed by atoms with E-state index in [4.69, 9.17) is 11.6 Å². The van der Waals surface area contributed by atoms with E-state index in [1.165, 1.54) is 22.0 Å². The van der Waals surface area contributed by atoms with Crippen LogP contribution in [0.1, 0.15) is 54.5 Å². The summed E-state index contributed by atoms with van der Waals surface area (Å²) >= 11 is 5.92. The zero-order valence-corrected chi connectivity index (χ0v) is 18.1. The fourth-order valence-corrected chi connectivity index (χ4v) is 3.67. The minimum absolute atomic E-state index is 0.108. The van der Waals surface area contributed by atoms with Crippen LogP contribution in [0, 0.1) is 5.41 Å². The zero-order valence-electron chi connectivity index (χ0n) is 17.3. The second kappa shape index (κ2) is 8.16. The van der Waals surface area contributed by atoms with Gasteiger partial charge in [-0.25, -0.2) is 15.0 Å².